The van der Waals surface area contributed by atoms with Gasteiger partial charge in [0.15, 0.2) is 0 Å². The molecule has 23 heavy (non-hydrogen) atoms. The van der Waals surface area contributed by atoms with Gasteiger partial charge in [-0.1, -0.05) is 42.5 Å². The van der Waals surface area contributed by atoms with Gasteiger partial charge in [0.1, 0.15) is 0 Å². The molecule has 0 amide bonds. The number of allylic oxidation sites excluding steroid dienone is 2. The predicted molar refractivity (Wildman–Crippen MR) is 89.8 cm³/mol. The molecule has 0 radical (unpaired) electrons. The standard InChI is InChI=1S/C20H26O3/c1-22-18(21)20-14-19(15-20,16-20)11-7-2-3-8-12-23-13-17-9-5-4-6-10-17/h4-7,9-11H,2-3,8,12-16H2,1H3/b11-7+. The Morgan fingerprint density at radius 2 is 1.91 bits per heavy atom. The minimum absolute atomic E-state index is 0.0108. The van der Waals surface area contributed by atoms with Gasteiger partial charge in [-0.2, -0.15) is 0 Å². The number of hydrogen-bond acceptors (Lipinski definition) is 3. The summed E-state index contributed by atoms with van der Waals surface area (Å²) >= 11 is 0. The van der Waals surface area contributed by atoms with Gasteiger partial charge in [0.25, 0.3) is 0 Å². The minimum Gasteiger partial charge on any atom is -0.469 e. The van der Waals surface area contributed by atoms with Crippen molar-refractivity contribution in [2.24, 2.45) is 10.8 Å². The fraction of sp³-hybridized carbons (Fsp3) is 0.550. The molecule has 1 aromatic rings. The maximum Gasteiger partial charge on any atom is 0.311 e. The highest BCUT2D eigenvalue weighted by molar-refractivity contribution is 5.81. The summed E-state index contributed by atoms with van der Waals surface area (Å²) in [7, 11) is 1.49. The average molecular weight is 314 g/mol. The first-order valence-corrected chi connectivity index (χ1v) is 8.56. The highest BCUT2D eigenvalue weighted by atomic mass is 16.5. The molecule has 4 rings (SSSR count). The lowest BCUT2D eigenvalue weighted by Gasteiger charge is -2.67. The van der Waals surface area contributed by atoms with Gasteiger partial charge in [-0.05, 0) is 49.5 Å². The number of esters is 1. The summed E-state index contributed by atoms with van der Waals surface area (Å²) in [6.45, 7) is 1.52. The smallest absolute Gasteiger partial charge is 0.311 e. The van der Waals surface area contributed by atoms with Crippen LogP contribution in [0.3, 0.4) is 0 Å². The fourth-order valence-corrected chi connectivity index (χ4v) is 4.04. The number of carbonyl (C=O) groups is 1. The third-order valence-electron chi connectivity index (χ3n) is 5.18. The van der Waals surface area contributed by atoms with Crippen LogP contribution in [-0.2, 0) is 20.9 Å². The van der Waals surface area contributed by atoms with E-state index >= 15 is 0 Å². The number of unbranched alkanes of at least 4 members (excludes halogenated alkanes) is 2. The van der Waals surface area contributed by atoms with Crippen LogP contribution in [0.2, 0.25) is 0 Å². The van der Waals surface area contributed by atoms with Crippen molar-refractivity contribution in [2.75, 3.05) is 13.7 Å². The van der Waals surface area contributed by atoms with Crippen LogP contribution < -0.4 is 0 Å². The summed E-state index contributed by atoms with van der Waals surface area (Å²) in [6.07, 6.45) is 10.9. The summed E-state index contributed by atoms with van der Waals surface area (Å²) in [5, 5.41) is 0. The van der Waals surface area contributed by atoms with Crippen molar-refractivity contribution in [2.45, 2.75) is 45.1 Å². The number of rotatable bonds is 9. The summed E-state index contributed by atoms with van der Waals surface area (Å²) in [6, 6.07) is 10.3. The molecule has 3 aliphatic rings. The van der Waals surface area contributed by atoms with Crippen LogP contribution in [0, 0.1) is 10.8 Å². The molecule has 0 spiro atoms. The Morgan fingerprint density at radius 3 is 2.61 bits per heavy atom. The van der Waals surface area contributed by atoms with Crippen molar-refractivity contribution in [1.82, 2.24) is 0 Å². The van der Waals surface area contributed by atoms with Gasteiger partial charge < -0.3 is 9.47 Å². The lowest BCUT2D eigenvalue weighted by Crippen LogP contribution is -2.64. The zero-order valence-corrected chi connectivity index (χ0v) is 13.9. The van der Waals surface area contributed by atoms with E-state index < -0.39 is 0 Å². The number of methoxy groups -OCH3 is 1. The number of hydrogen-bond donors (Lipinski definition) is 0. The van der Waals surface area contributed by atoms with E-state index in [4.69, 9.17) is 9.47 Å². The molecule has 3 saturated carbocycles. The van der Waals surface area contributed by atoms with Gasteiger partial charge in [-0.25, -0.2) is 0 Å². The molecule has 3 fully saturated rings. The van der Waals surface area contributed by atoms with E-state index in [0.717, 1.165) is 45.1 Å². The maximum atomic E-state index is 11.6. The van der Waals surface area contributed by atoms with Crippen LogP contribution >= 0.6 is 0 Å². The fourth-order valence-electron chi connectivity index (χ4n) is 4.04. The molecule has 0 unspecified atom stereocenters. The van der Waals surface area contributed by atoms with Crippen LogP contribution in [-0.4, -0.2) is 19.7 Å². The van der Waals surface area contributed by atoms with Crippen LogP contribution in [0.5, 0.6) is 0 Å². The second-order valence-corrected chi connectivity index (χ2v) is 7.10. The topological polar surface area (TPSA) is 35.5 Å². The van der Waals surface area contributed by atoms with E-state index in [9.17, 15) is 4.79 Å². The molecule has 0 N–H and O–H groups in total. The quantitative estimate of drug-likeness (QED) is 0.388. The van der Waals surface area contributed by atoms with E-state index in [-0.39, 0.29) is 11.4 Å². The van der Waals surface area contributed by atoms with E-state index in [2.05, 4.69) is 24.3 Å². The molecular formula is C20H26O3. The third kappa shape index (κ3) is 3.50. The van der Waals surface area contributed by atoms with Crippen LogP contribution in [0.25, 0.3) is 0 Å². The molecule has 3 heteroatoms. The lowest BCUT2D eigenvalue weighted by atomic mass is 9.35. The largest absolute Gasteiger partial charge is 0.469 e. The Bertz CT molecular complexity index is 542. The summed E-state index contributed by atoms with van der Waals surface area (Å²) in [5.74, 6) is -0.0108. The summed E-state index contributed by atoms with van der Waals surface area (Å²) in [5.41, 5.74) is 1.43. The van der Waals surface area contributed by atoms with E-state index in [1.54, 1.807) is 0 Å². The van der Waals surface area contributed by atoms with Crippen LogP contribution in [0.4, 0.5) is 0 Å². The highest BCUT2D eigenvalue weighted by Gasteiger charge is 2.70. The highest BCUT2D eigenvalue weighted by Crippen LogP contribution is 2.74. The number of ether oxygens (including phenoxy) is 2. The van der Waals surface area contributed by atoms with Crippen molar-refractivity contribution in [3.05, 3.63) is 48.0 Å². The molecule has 124 valence electrons. The van der Waals surface area contributed by atoms with Crippen molar-refractivity contribution in [3.63, 3.8) is 0 Å². The Hall–Kier alpha value is -1.61. The second-order valence-electron chi connectivity index (χ2n) is 7.10. The Balaban J connectivity index is 1.23. The Morgan fingerprint density at radius 1 is 1.17 bits per heavy atom. The van der Waals surface area contributed by atoms with Crippen LogP contribution in [0.1, 0.15) is 44.1 Å². The molecule has 0 saturated heterocycles. The minimum atomic E-state index is -0.121. The normalized spacial score (nSPS) is 28.2. The van der Waals surface area contributed by atoms with E-state index in [1.807, 2.05) is 18.2 Å². The van der Waals surface area contributed by atoms with Gasteiger partial charge >= 0.3 is 5.97 Å². The van der Waals surface area contributed by atoms with Gasteiger partial charge in [0, 0.05) is 6.61 Å². The molecule has 2 bridgehead atoms. The van der Waals surface area contributed by atoms with Crippen molar-refractivity contribution < 1.29 is 14.3 Å². The second kappa shape index (κ2) is 6.88. The first kappa shape index (κ1) is 16.3. The van der Waals surface area contributed by atoms with Gasteiger partial charge in [-0.3, -0.25) is 4.79 Å². The zero-order valence-electron chi connectivity index (χ0n) is 13.9. The van der Waals surface area contributed by atoms with E-state index in [0.29, 0.717) is 12.0 Å². The van der Waals surface area contributed by atoms with Gasteiger partial charge in [0.2, 0.25) is 0 Å². The average Bonchev–Trinajstić information content (AvgIpc) is 2.50. The van der Waals surface area contributed by atoms with Gasteiger partial charge in [0.05, 0.1) is 19.1 Å². The van der Waals surface area contributed by atoms with Crippen molar-refractivity contribution in [1.29, 1.82) is 0 Å². The molecule has 1 aromatic carbocycles. The molecule has 0 atom stereocenters. The van der Waals surface area contributed by atoms with E-state index in [1.165, 1.54) is 12.7 Å². The SMILES string of the molecule is COC(=O)C12CC(/C=C/CCCCOCc3ccccc3)(C1)C2. The van der Waals surface area contributed by atoms with Crippen molar-refractivity contribution in [3.8, 4) is 0 Å². The molecule has 0 aromatic heterocycles. The zero-order chi connectivity index (χ0) is 16.2. The molecule has 0 aliphatic heterocycles. The molecule has 0 heterocycles. The molecular weight excluding hydrogens is 288 g/mol. The van der Waals surface area contributed by atoms with Crippen LogP contribution in [0.15, 0.2) is 42.5 Å². The molecule has 3 aliphatic carbocycles. The first-order valence-electron chi connectivity index (χ1n) is 8.56. The summed E-state index contributed by atoms with van der Waals surface area (Å²) < 4.78 is 10.6. The number of carbonyl (C=O) groups excluding carboxylic acids is 1. The third-order valence-corrected chi connectivity index (χ3v) is 5.18. The Labute approximate surface area is 138 Å². The van der Waals surface area contributed by atoms with Gasteiger partial charge in [-0.15, -0.1) is 0 Å². The molecule has 3 nitrogen and oxygen atoms in total. The monoisotopic (exact) mass is 314 g/mol. The first-order chi connectivity index (χ1) is 11.2. The van der Waals surface area contributed by atoms with Crippen molar-refractivity contribution >= 4 is 5.97 Å². The Kier molecular flexibility index (Phi) is 4.86. The lowest BCUT2D eigenvalue weighted by molar-refractivity contribution is -0.208. The maximum absolute atomic E-state index is 11.6. The predicted octanol–water partition coefficient (Wildman–Crippen LogP) is 4.27. The summed E-state index contributed by atoms with van der Waals surface area (Å²) in [4.78, 5) is 11.6. The number of benzene rings is 1.